The third-order valence-electron chi connectivity index (χ3n) is 4.95. The van der Waals surface area contributed by atoms with Crippen LogP contribution in [0.1, 0.15) is 30.4 Å². The van der Waals surface area contributed by atoms with Gasteiger partial charge in [-0.05, 0) is 44.7 Å². The second-order valence-corrected chi connectivity index (χ2v) is 7.96. The van der Waals surface area contributed by atoms with Crippen molar-refractivity contribution in [1.82, 2.24) is 24.6 Å². The molecule has 4 rings (SSSR count). The zero-order valence-electron chi connectivity index (χ0n) is 15.7. The van der Waals surface area contributed by atoms with Crippen LogP contribution in [0.5, 0.6) is 0 Å². The molecule has 0 bridgehead atoms. The van der Waals surface area contributed by atoms with Crippen LogP contribution in [0.25, 0.3) is 16.7 Å². The molecule has 0 spiro atoms. The number of rotatable bonds is 4. The van der Waals surface area contributed by atoms with E-state index in [9.17, 15) is 4.79 Å². The van der Waals surface area contributed by atoms with Crippen molar-refractivity contribution in [2.75, 3.05) is 18.8 Å². The molecular weight excluding hydrogens is 358 g/mol. The van der Waals surface area contributed by atoms with Crippen LogP contribution in [-0.4, -0.2) is 49.4 Å². The first-order chi connectivity index (χ1) is 13.1. The summed E-state index contributed by atoms with van der Waals surface area (Å²) in [7, 11) is 0. The Kier molecular flexibility index (Phi) is 5.11. The molecule has 1 fully saturated rings. The predicted octanol–water partition coefficient (Wildman–Crippen LogP) is 3.54. The summed E-state index contributed by atoms with van der Waals surface area (Å²) < 4.78 is 1.85. The average Bonchev–Trinajstić information content (AvgIpc) is 3.11. The number of fused-ring (bicyclic) bond motifs is 1. The number of thioether (sulfide) groups is 1. The highest BCUT2D eigenvalue weighted by molar-refractivity contribution is 8.00. The van der Waals surface area contributed by atoms with Gasteiger partial charge in [0.05, 0.1) is 23.0 Å². The highest BCUT2D eigenvalue weighted by atomic mass is 32.2. The monoisotopic (exact) mass is 381 g/mol. The summed E-state index contributed by atoms with van der Waals surface area (Å²) in [6.07, 6.45) is 6.79. The van der Waals surface area contributed by atoms with Crippen molar-refractivity contribution in [1.29, 1.82) is 0 Å². The molecule has 7 heteroatoms. The molecule has 3 heterocycles. The third kappa shape index (κ3) is 3.69. The molecular formula is C20H23N5OS. The Morgan fingerprint density at radius 2 is 1.96 bits per heavy atom. The van der Waals surface area contributed by atoms with Crippen molar-refractivity contribution >= 4 is 28.7 Å². The van der Waals surface area contributed by atoms with Crippen molar-refractivity contribution in [2.45, 2.75) is 38.1 Å². The minimum atomic E-state index is 0.188. The third-order valence-corrected chi connectivity index (χ3v) is 5.94. The second-order valence-electron chi connectivity index (χ2n) is 6.99. The number of nitrogens with zero attached hydrogens (tertiary/aromatic N) is 5. The van der Waals surface area contributed by atoms with E-state index in [1.807, 2.05) is 9.58 Å². The van der Waals surface area contributed by atoms with E-state index in [4.69, 9.17) is 0 Å². The fourth-order valence-corrected chi connectivity index (χ4v) is 4.39. The smallest absolute Gasteiger partial charge is 0.232 e. The largest absolute Gasteiger partial charge is 0.342 e. The maximum atomic E-state index is 12.5. The van der Waals surface area contributed by atoms with Gasteiger partial charge in [0.15, 0.2) is 5.65 Å². The van der Waals surface area contributed by atoms with Crippen LogP contribution in [0.15, 0.2) is 35.7 Å². The standard InChI is InChI=1S/C20H23N5OS/c1-14-6-7-17(15(2)10-14)25-19-16(11-23-25)20(22-13-21-19)27-12-18(26)24-8-4-3-5-9-24/h6-7,10-11,13H,3-5,8-9,12H2,1-2H3. The normalized spacial score (nSPS) is 14.7. The molecule has 1 saturated heterocycles. The summed E-state index contributed by atoms with van der Waals surface area (Å²) in [5.41, 5.74) is 4.14. The number of likely N-dealkylation sites (tertiary alicyclic amines) is 1. The van der Waals surface area contributed by atoms with E-state index in [1.54, 1.807) is 12.5 Å². The summed E-state index contributed by atoms with van der Waals surface area (Å²) >= 11 is 1.47. The van der Waals surface area contributed by atoms with Crippen LogP contribution in [0.2, 0.25) is 0 Å². The number of benzene rings is 1. The highest BCUT2D eigenvalue weighted by Gasteiger charge is 2.18. The van der Waals surface area contributed by atoms with Gasteiger partial charge in [0, 0.05) is 13.1 Å². The molecule has 1 amide bonds. The summed E-state index contributed by atoms with van der Waals surface area (Å²) in [5, 5.41) is 6.23. The number of carbonyl (C=O) groups is 1. The van der Waals surface area contributed by atoms with Crippen molar-refractivity contribution < 1.29 is 4.79 Å². The van der Waals surface area contributed by atoms with Gasteiger partial charge in [-0.1, -0.05) is 29.5 Å². The maximum Gasteiger partial charge on any atom is 0.232 e. The van der Waals surface area contributed by atoms with Crippen molar-refractivity contribution in [3.63, 3.8) is 0 Å². The lowest BCUT2D eigenvalue weighted by atomic mass is 10.1. The van der Waals surface area contributed by atoms with Crippen LogP contribution in [0, 0.1) is 13.8 Å². The molecule has 0 aliphatic carbocycles. The van der Waals surface area contributed by atoms with Crippen LogP contribution < -0.4 is 0 Å². The topological polar surface area (TPSA) is 63.9 Å². The number of aryl methyl sites for hydroxylation is 2. The van der Waals surface area contributed by atoms with E-state index in [0.29, 0.717) is 5.75 Å². The first-order valence-corrected chi connectivity index (χ1v) is 10.3. The average molecular weight is 382 g/mol. The summed E-state index contributed by atoms with van der Waals surface area (Å²) in [6, 6.07) is 6.27. The maximum absolute atomic E-state index is 12.5. The predicted molar refractivity (Wildman–Crippen MR) is 107 cm³/mol. The molecule has 0 atom stereocenters. The summed E-state index contributed by atoms with van der Waals surface area (Å²) in [5.74, 6) is 0.592. The fraction of sp³-hybridized carbons (Fsp3) is 0.400. The Hall–Kier alpha value is -2.41. The lowest BCUT2D eigenvalue weighted by Gasteiger charge is -2.26. The van der Waals surface area contributed by atoms with E-state index < -0.39 is 0 Å². The van der Waals surface area contributed by atoms with E-state index in [1.165, 1.54) is 23.7 Å². The van der Waals surface area contributed by atoms with Crippen molar-refractivity contribution in [2.24, 2.45) is 0 Å². The van der Waals surface area contributed by atoms with Crippen LogP contribution in [0.3, 0.4) is 0 Å². The van der Waals surface area contributed by atoms with Crippen molar-refractivity contribution in [3.8, 4) is 5.69 Å². The molecule has 3 aromatic rings. The molecule has 0 radical (unpaired) electrons. The van der Waals surface area contributed by atoms with E-state index in [0.717, 1.165) is 53.2 Å². The Bertz CT molecular complexity index is 978. The molecule has 1 aliphatic heterocycles. The number of piperidine rings is 1. The molecule has 0 N–H and O–H groups in total. The van der Waals surface area contributed by atoms with Crippen LogP contribution >= 0.6 is 11.8 Å². The van der Waals surface area contributed by atoms with E-state index in [-0.39, 0.29) is 5.91 Å². The van der Waals surface area contributed by atoms with E-state index >= 15 is 0 Å². The van der Waals surface area contributed by atoms with Gasteiger partial charge in [-0.15, -0.1) is 0 Å². The van der Waals surface area contributed by atoms with Gasteiger partial charge in [-0.25, -0.2) is 14.6 Å². The fourth-order valence-electron chi connectivity index (χ4n) is 3.52. The van der Waals surface area contributed by atoms with Gasteiger partial charge >= 0.3 is 0 Å². The summed E-state index contributed by atoms with van der Waals surface area (Å²) in [4.78, 5) is 23.3. The van der Waals surface area contributed by atoms with Crippen LogP contribution in [0.4, 0.5) is 0 Å². The number of hydrogen-bond donors (Lipinski definition) is 0. The van der Waals surface area contributed by atoms with Gasteiger partial charge in [0.2, 0.25) is 5.91 Å². The Morgan fingerprint density at radius 3 is 2.74 bits per heavy atom. The first-order valence-electron chi connectivity index (χ1n) is 9.30. The molecule has 2 aromatic heterocycles. The van der Waals surface area contributed by atoms with Gasteiger partial charge < -0.3 is 4.90 Å². The lowest BCUT2D eigenvalue weighted by molar-refractivity contribution is -0.129. The van der Waals surface area contributed by atoms with E-state index in [2.05, 4.69) is 47.1 Å². The van der Waals surface area contributed by atoms with Gasteiger partial charge in [-0.3, -0.25) is 4.79 Å². The van der Waals surface area contributed by atoms with Gasteiger partial charge in [-0.2, -0.15) is 5.10 Å². The minimum absolute atomic E-state index is 0.188. The molecule has 140 valence electrons. The van der Waals surface area contributed by atoms with Crippen molar-refractivity contribution in [3.05, 3.63) is 41.9 Å². The molecule has 6 nitrogen and oxygen atoms in total. The number of aromatic nitrogens is 4. The Morgan fingerprint density at radius 1 is 1.15 bits per heavy atom. The van der Waals surface area contributed by atoms with Crippen LogP contribution in [-0.2, 0) is 4.79 Å². The highest BCUT2D eigenvalue weighted by Crippen LogP contribution is 2.27. The Balaban J connectivity index is 1.58. The second kappa shape index (κ2) is 7.68. The number of carbonyl (C=O) groups excluding carboxylic acids is 1. The first kappa shape index (κ1) is 18.0. The number of amides is 1. The molecule has 0 saturated carbocycles. The van der Waals surface area contributed by atoms with Gasteiger partial charge in [0.1, 0.15) is 11.4 Å². The molecule has 0 unspecified atom stereocenters. The number of hydrogen-bond acceptors (Lipinski definition) is 5. The molecule has 1 aromatic carbocycles. The van der Waals surface area contributed by atoms with Gasteiger partial charge in [0.25, 0.3) is 0 Å². The minimum Gasteiger partial charge on any atom is -0.342 e. The quantitative estimate of drug-likeness (QED) is 0.511. The lowest BCUT2D eigenvalue weighted by Crippen LogP contribution is -2.36. The molecule has 27 heavy (non-hydrogen) atoms. The SMILES string of the molecule is Cc1ccc(-n2ncc3c(SCC(=O)N4CCCCC4)ncnc32)c(C)c1. The summed E-state index contributed by atoms with van der Waals surface area (Å²) in [6.45, 7) is 5.91. The molecule has 1 aliphatic rings. The zero-order valence-corrected chi connectivity index (χ0v) is 16.5. The zero-order chi connectivity index (χ0) is 18.8. The Labute approximate surface area is 163 Å².